The maximum absolute atomic E-state index is 11.4. The second-order valence-electron chi connectivity index (χ2n) is 5.36. The van der Waals surface area contributed by atoms with Crippen LogP contribution in [0.5, 0.6) is 0 Å². The number of hydrogen-bond donors (Lipinski definition) is 1. The number of rotatable bonds is 3. The van der Waals surface area contributed by atoms with Crippen LogP contribution < -0.4 is 5.73 Å². The van der Waals surface area contributed by atoms with Crippen molar-refractivity contribution in [3.05, 3.63) is 17.0 Å². The summed E-state index contributed by atoms with van der Waals surface area (Å²) in [7, 11) is -3.12. The van der Waals surface area contributed by atoms with Crippen molar-refractivity contribution in [1.29, 1.82) is 0 Å². The monoisotopic (exact) mass is 443 g/mol. The van der Waals surface area contributed by atoms with E-state index in [-0.39, 0.29) is 24.0 Å². The van der Waals surface area contributed by atoms with Crippen molar-refractivity contribution in [2.75, 3.05) is 19.3 Å². The molecule has 0 saturated carbocycles. The number of hydrogen-bond acceptors (Lipinski definition) is 4. The van der Waals surface area contributed by atoms with Gasteiger partial charge in [-0.15, -0.1) is 35.3 Å². The van der Waals surface area contributed by atoms with Crippen molar-refractivity contribution in [2.24, 2.45) is 16.6 Å². The average Bonchev–Trinajstić information content (AvgIpc) is 2.84. The van der Waals surface area contributed by atoms with Crippen LogP contribution in [0.3, 0.4) is 0 Å². The van der Waals surface area contributed by atoms with Gasteiger partial charge >= 0.3 is 0 Å². The maximum atomic E-state index is 11.4. The topological polar surface area (TPSA) is 75.8 Å². The summed E-state index contributed by atoms with van der Waals surface area (Å²) in [6.45, 7) is 4.57. The van der Waals surface area contributed by atoms with Crippen LogP contribution in [0.25, 0.3) is 0 Å². The molecule has 8 heteroatoms. The first-order valence-corrected chi connectivity index (χ1v) is 9.40. The van der Waals surface area contributed by atoms with Crippen molar-refractivity contribution < 1.29 is 8.42 Å². The van der Waals surface area contributed by atoms with Crippen molar-refractivity contribution in [2.45, 2.75) is 30.5 Å². The zero-order valence-electron chi connectivity index (χ0n) is 12.3. The molecule has 1 atom stereocenters. The molecule has 2 heterocycles. The van der Waals surface area contributed by atoms with Gasteiger partial charge in [-0.1, -0.05) is 6.92 Å². The molecule has 0 spiro atoms. The minimum Gasteiger partial charge on any atom is -0.370 e. The molecular formula is C13H22IN3O2S2. The molecule has 1 saturated heterocycles. The molecule has 1 unspecified atom stereocenters. The molecule has 1 fully saturated rings. The van der Waals surface area contributed by atoms with Crippen molar-refractivity contribution in [3.63, 3.8) is 0 Å². The van der Waals surface area contributed by atoms with Gasteiger partial charge in [0.1, 0.15) is 4.21 Å². The molecule has 0 aromatic carbocycles. The van der Waals surface area contributed by atoms with E-state index in [0.29, 0.717) is 22.6 Å². The number of nitrogens with two attached hydrogens (primary N) is 1. The van der Waals surface area contributed by atoms with Crippen LogP contribution in [0, 0.1) is 5.92 Å². The van der Waals surface area contributed by atoms with Crippen LogP contribution in [0.1, 0.15) is 24.6 Å². The lowest BCUT2D eigenvalue weighted by atomic mass is 10.0. The largest absolute Gasteiger partial charge is 0.370 e. The first-order valence-electron chi connectivity index (χ1n) is 6.70. The van der Waals surface area contributed by atoms with E-state index >= 15 is 0 Å². The Morgan fingerprint density at radius 1 is 1.52 bits per heavy atom. The summed E-state index contributed by atoms with van der Waals surface area (Å²) in [4.78, 5) is 7.41. The molecule has 0 aliphatic carbocycles. The zero-order chi connectivity index (χ0) is 14.8. The minimum atomic E-state index is -3.12. The molecule has 120 valence electrons. The highest BCUT2D eigenvalue weighted by Crippen LogP contribution is 2.22. The minimum absolute atomic E-state index is 0. The van der Waals surface area contributed by atoms with Crippen LogP contribution in [0.4, 0.5) is 0 Å². The number of aliphatic imine (C=N–C) groups is 1. The maximum Gasteiger partial charge on any atom is 0.191 e. The molecular weight excluding hydrogens is 421 g/mol. The summed E-state index contributed by atoms with van der Waals surface area (Å²) in [6.07, 6.45) is 3.61. The zero-order valence-corrected chi connectivity index (χ0v) is 16.2. The first-order chi connectivity index (χ1) is 9.36. The van der Waals surface area contributed by atoms with Crippen molar-refractivity contribution in [3.8, 4) is 0 Å². The Bertz CT molecular complexity index is 598. The van der Waals surface area contributed by atoms with Gasteiger partial charge in [-0.25, -0.2) is 13.4 Å². The Kier molecular flexibility index (Phi) is 6.92. The van der Waals surface area contributed by atoms with E-state index in [1.165, 1.54) is 24.0 Å². The lowest BCUT2D eigenvalue weighted by Gasteiger charge is -2.31. The van der Waals surface area contributed by atoms with Gasteiger partial charge in [-0.3, -0.25) is 0 Å². The van der Waals surface area contributed by atoms with Crippen LogP contribution in [-0.2, 0) is 16.4 Å². The molecule has 2 rings (SSSR count). The number of halogens is 1. The molecule has 0 bridgehead atoms. The average molecular weight is 443 g/mol. The smallest absolute Gasteiger partial charge is 0.191 e. The molecule has 1 aliphatic rings. The van der Waals surface area contributed by atoms with Crippen molar-refractivity contribution >= 4 is 51.1 Å². The fraction of sp³-hybridized carbons (Fsp3) is 0.615. The number of sulfone groups is 1. The highest BCUT2D eigenvalue weighted by Gasteiger charge is 2.17. The van der Waals surface area contributed by atoms with Gasteiger partial charge in [0.25, 0.3) is 0 Å². The quantitative estimate of drug-likeness (QED) is 0.442. The molecule has 1 aliphatic heterocycles. The summed E-state index contributed by atoms with van der Waals surface area (Å²) >= 11 is 1.26. The van der Waals surface area contributed by atoms with E-state index in [4.69, 9.17) is 5.73 Å². The van der Waals surface area contributed by atoms with Gasteiger partial charge in [0, 0.05) is 24.2 Å². The lowest BCUT2D eigenvalue weighted by molar-refractivity contribution is 0.270. The fourth-order valence-electron chi connectivity index (χ4n) is 2.30. The third kappa shape index (κ3) is 5.41. The third-order valence-electron chi connectivity index (χ3n) is 3.38. The van der Waals surface area contributed by atoms with Crippen LogP contribution >= 0.6 is 35.3 Å². The number of nitrogens with zero attached hydrogens (tertiary/aromatic N) is 2. The van der Waals surface area contributed by atoms with E-state index in [0.717, 1.165) is 24.4 Å². The number of piperidine rings is 1. The number of guanidine groups is 1. The summed E-state index contributed by atoms with van der Waals surface area (Å²) < 4.78 is 23.2. The summed E-state index contributed by atoms with van der Waals surface area (Å²) in [6, 6.07) is 3.43. The van der Waals surface area contributed by atoms with E-state index in [1.807, 2.05) is 0 Å². The lowest BCUT2D eigenvalue weighted by Crippen LogP contribution is -2.43. The highest BCUT2D eigenvalue weighted by atomic mass is 127. The summed E-state index contributed by atoms with van der Waals surface area (Å²) in [5, 5.41) is 0. The van der Waals surface area contributed by atoms with E-state index in [2.05, 4.69) is 16.8 Å². The SMILES string of the molecule is CC1CCCN(C(N)=NCc2ccc(S(C)(=O)=O)s2)C1.I. The molecule has 0 radical (unpaired) electrons. The van der Waals surface area contributed by atoms with Gasteiger partial charge in [-0.2, -0.15) is 0 Å². The second-order valence-corrected chi connectivity index (χ2v) is 8.77. The Hall–Kier alpha value is -0.350. The Morgan fingerprint density at radius 2 is 2.24 bits per heavy atom. The van der Waals surface area contributed by atoms with E-state index in [1.54, 1.807) is 12.1 Å². The van der Waals surface area contributed by atoms with Gasteiger partial charge in [0.15, 0.2) is 15.8 Å². The van der Waals surface area contributed by atoms with Crippen LogP contribution in [-0.4, -0.2) is 38.6 Å². The Balaban J connectivity index is 0.00000220. The van der Waals surface area contributed by atoms with E-state index < -0.39 is 9.84 Å². The van der Waals surface area contributed by atoms with Gasteiger partial charge in [0.05, 0.1) is 6.54 Å². The fourth-order valence-corrected chi connectivity index (χ4v) is 4.20. The van der Waals surface area contributed by atoms with Crippen LogP contribution in [0.15, 0.2) is 21.3 Å². The molecule has 1 aromatic heterocycles. The Morgan fingerprint density at radius 3 is 2.81 bits per heavy atom. The third-order valence-corrected chi connectivity index (χ3v) is 6.27. The van der Waals surface area contributed by atoms with Crippen molar-refractivity contribution in [1.82, 2.24) is 4.90 Å². The second kappa shape index (κ2) is 7.77. The van der Waals surface area contributed by atoms with Gasteiger partial charge in [0.2, 0.25) is 0 Å². The van der Waals surface area contributed by atoms with Gasteiger partial charge < -0.3 is 10.6 Å². The normalized spacial score (nSPS) is 20.2. The molecule has 5 nitrogen and oxygen atoms in total. The molecule has 2 N–H and O–H groups in total. The summed E-state index contributed by atoms with van der Waals surface area (Å²) in [5.74, 6) is 1.21. The summed E-state index contributed by atoms with van der Waals surface area (Å²) in [5.41, 5.74) is 6.01. The molecule has 1 aromatic rings. The first kappa shape index (κ1) is 18.7. The Labute approximate surface area is 147 Å². The highest BCUT2D eigenvalue weighted by molar-refractivity contribution is 14.0. The molecule has 21 heavy (non-hydrogen) atoms. The van der Waals surface area contributed by atoms with Crippen LogP contribution in [0.2, 0.25) is 0 Å². The van der Waals surface area contributed by atoms with Gasteiger partial charge in [-0.05, 0) is 30.9 Å². The number of likely N-dealkylation sites (tertiary alicyclic amines) is 1. The molecule has 0 amide bonds. The predicted octanol–water partition coefficient (Wildman–Crippen LogP) is 2.32. The van der Waals surface area contributed by atoms with E-state index in [9.17, 15) is 8.42 Å². The standard InChI is InChI=1S/C13H21N3O2S2.HI/c1-10-4-3-7-16(9-10)13(14)15-8-11-5-6-12(19-11)20(2,17)18;/h5-6,10H,3-4,7-9H2,1-2H3,(H2,14,15);1H. The number of thiophene rings is 1. The predicted molar refractivity (Wildman–Crippen MR) is 98.1 cm³/mol.